The van der Waals surface area contributed by atoms with Gasteiger partial charge in [-0.2, -0.15) is 0 Å². The molecule has 0 N–H and O–H groups in total. The van der Waals surface area contributed by atoms with E-state index in [-0.39, 0.29) is 0 Å². The topological polar surface area (TPSA) is 9.23 Å². The highest BCUT2D eigenvalue weighted by Gasteiger charge is 1.91. The summed E-state index contributed by atoms with van der Waals surface area (Å²) in [6, 6.07) is 0. The molecule has 0 radical (unpaired) electrons. The molecular weight excluding hydrogens is 160 g/mol. The lowest BCUT2D eigenvalue weighted by molar-refractivity contribution is 0.321. The molecule has 1 nitrogen and oxygen atoms in total. The first-order chi connectivity index (χ1) is 6.24. The summed E-state index contributed by atoms with van der Waals surface area (Å²) in [5, 5.41) is 0. The Bertz CT molecular complexity index is 242. The fourth-order valence-corrected chi connectivity index (χ4v) is 0.805. The molecular formula is C12H18O. The molecule has 0 fully saturated rings. The van der Waals surface area contributed by atoms with E-state index in [9.17, 15) is 0 Å². The molecule has 0 spiro atoms. The minimum absolute atomic E-state index is 0.876. The first-order valence-electron chi connectivity index (χ1n) is 4.51. The van der Waals surface area contributed by atoms with Crippen LogP contribution in [-0.2, 0) is 4.74 Å². The van der Waals surface area contributed by atoms with Gasteiger partial charge in [-0.3, -0.25) is 0 Å². The molecule has 13 heavy (non-hydrogen) atoms. The number of ether oxygens (including phenoxy) is 1. The third kappa shape index (κ3) is 5.97. The Morgan fingerprint density at radius 3 is 2.23 bits per heavy atom. The second-order valence-corrected chi connectivity index (χ2v) is 2.60. The average Bonchev–Trinajstić information content (AvgIpc) is 2.14. The van der Waals surface area contributed by atoms with Crippen LogP contribution >= 0.6 is 0 Å². The smallest absolute Gasteiger partial charge is 0.122 e. The van der Waals surface area contributed by atoms with Gasteiger partial charge >= 0.3 is 0 Å². The van der Waals surface area contributed by atoms with Crippen molar-refractivity contribution in [2.45, 2.75) is 27.7 Å². The Labute approximate surface area is 81.1 Å². The lowest BCUT2D eigenvalue weighted by Gasteiger charge is -2.04. The Morgan fingerprint density at radius 2 is 1.77 bits per heavy atom. The molecule has 0 saturated carbocycles. The molecule has 0 aliphatic heterocycles. The lowest BCUT2D eigenvalue weighted by Crippen LogP contribution is -1.85. The highest BCUT2D eigenvalue weighted by molar-refractivity contribution is 5.15. The summed E-state index contributed by atoms with van der Waals surface area (Å²) in [5.74, 6) is 1.77. The molecule has 0 aliphatic rings. The molecule has 0 bridgehead atoms. The van der Waals surface area contributed by atoms with Crippen LogP contribution in [0, 0.1) is 0 Å². The largest absolute Gasteiger partial charge is 0.462 e. The summed E-state index contributed by atoms with van der Waals surface area (Å²) in [4.78, 5) is 0. The van der Waals surface area contributed by atoms with Crippen LogP contribution in [0.3, 0.4) is 0 Å². The zero-order chi connectivity index (χ0) is 10.1. The van der Waals surface area contributed by atoms with Crippen LogP contribution in [0.4, 0.5) is 0 Å². The van der Waals surface area contributed by atoms with Crippen LogP contribution in [-0.4, -0.2) is 0 Å². The summed E-state index contributed by atoms with van der Waals surface area (Å²) in [7, 11) is 0. The van der Waals surface area contributed by atoms with Crippen molar-refractivity contribution in [2.24, 2.45) is 0 Å². The molecule has 0 heterocycles. The van der Waals surface area contributed by atoms with Crippen molar-refractivity contribution in [3.63, 3.8) is 0 Å². The molecule has 0 amide bonds. The van der Waals surface area contributed by atoms with Crippen LogP contribution in [0.15, 0.2) is 48.0 Å². The van der Waals surface area contributed by atoms with Gasteiger partial charge in [0.15, 0.2) is 0 Å². The molecule has 0 aliphatic carbocycles. The predicted octanol–water partition coefficient (Wildman–Crippen LogP) is 3.96. The Morgan fingerprint density at radius 1 is 1.08 bits per heavy atom. The quantitative estimate of drug-likeness (QED) is 0.467. The zero-order valence-electron chi connectivity index (χ0n) is 8.87. The van der Waals surface area contributed by atoms with Gasteiger partial charge in [0, 0.05) is 0 Å². The minimum Gasteiger partial charge on any atom is -0.462 e. The fraction of sp³-hybridized carbons (Fsp3) is 0.333. The normalized spacial score (nSPS) is 14.5. The van der Waals surface area contributed by atoms with E-state index in [0.29, 0.717) is 0 Å². The van der Waals surface area contributed by atoms with Crippen LogP contribution in [0.5, 0.6) is 0 Å². The van der Waals surface area contributed by atoms with Gasteiger partial charge in [-0.15, -0.1) is 0 Å². The monoisotopic (exact) mass is 178 g/mol. The molecule has 0 aromatic rings. The van der Waals surface area contributed by atoms with E-state index in [4.69, 9.17) is 4.74 Å². The Kier molecular flexibility index (Phi) is 6.70. The Hall–Kier alpha value is -1.24. The second kappa shape index (κ2) is 7.41. The van der Waals surface area contributed by atoms with Crippen LogP contribution in [0.2, 0.25) is 0 Å². The van der Waals surface area contributed by atoms with Gasteiger partial charge in [-0.05, 0) is 45.9 Å². The summed E-state index contributed by atoms with van der Waals surface area (Å²) >= 11 is 0. The van der Waals surface area contributed by atoms with Gasteiger partial charge < -0.3 is 4.74 Å². The van der Waals surface area contributed by atoms with Crippen molar-refractivity contribution in [3.8, 4) is 0 Å². The van der Waals surface area contributed by atoms with Gasteiger partial charge in [0.05, 0.1) is 0 Å². The van der Waals surface area contributed by atoms with E-state index in [1.54, 1.807) is 0 Å². The van der Waals surface area contributed by atoms with Crippen molar-refractivity contribution < 1.29 is 4.74 Å². The van der Waals surface area contributed by atoms with E-state index >= 15 is 0 Å². The highest BCUT2D eigenvalue weighted by Crippen LogP contribution is 2.07. The third-order valence-corrected chi connectivity index (χ3v) is 1.42. The van der Waals surface area contributed by atoms with E-state index < -0.39 is 0 Å². The van der Waals surface area contributed by atoms with Crippen molar-refractivity contribution in [3.05, 3.63) is 48.0 Å². The van der Waals surface area contributed by atoms with E-state index in [0.717, 1.165) is 11.5 Å². The lowest BCUT2D eigenvalue weighted by atomic mass is 10.4. The van der Waals surface area contributed by atoms with Gasteiger partial charge in [0.1, 0.15) is 11.5 Å². The molecule has 0 aromatic heterocycles. The SMILES string of the molecule is C/C=C\C=C(/C)OC(/C=C\C)=C/C. The highest BCUT2D eigenvalue weighted by atomic mass is 16.5. The summed E-state index contributed by atoms with van der Waals surface area (Å²) in [5.41, 5.74) is 0. The predicted molar refractivity (Wildman–Crippen MR) is 58.2 cm³/mol. The Balaban J connectivity index is 4.25. The minimum atomic E-state index is 0.876. The molecule has 0 atom stereocenters. The van der Waals surface area contributed by atoms with Crippen LogP contribution in [0.25, 0.3) is 0 Å². The van der Waals surface area contributed by atoms with Crippen molar-refractivity contribution in [1.29, 1.82) is 0 Å². The average molecular weight is 178 g/mol. The maximum atomic E-state index is 5.53. The zero-order valence-corrected chi connectivity index (χ0v) is 8.87. The standard InChI is InChI=1S/C12H18O/c1-5-8-10-11(4)13-12(7-3)9-6-2/h5-10H,1-4H3/b8-5-,9-6-,11-10+,12-7+. The maximum Gasteiger partial charge on any atom is 0.122 e. The molecule has 0 unspecified atom stereocenters. The van der Waals surface area contributed by atoms with Gasteiger partial charge in [-0.25, -0.2) is 0 Å². The molecule has 0 saturated heterocycles. The van der Waals surface area contributed by atoms with E-state index in [1.165, 1.54) is 0 Å². The maximum absolute atomic E-state index is 5.53. The molecule has 72 valence electrons. The summed E-state index contributed by atoms with van der Waals surface area (Å²) in [6.45, 7) is 7.84. The number of hydrogen-bond donors (Lipinski definition) is 0. The fourth-order valence-electron chi connectivity index (χ4n) is 0.805. The van der Waals surface area contributed by atoms with Crippen LogP contribution in [0.1, 0.15) is 27.7 Å². The number of allylic oxidation sites excluding steroid dienone is 7. The van der Waals surface area contributed by atoms with Crippen molar-refractivity contribution in [2.75, 3.05) is 0 Å². The number of rotatable bonds is 4. The van der Waals surface area contributed by atoms with Crippen LogP contribution < -0.4 is 0 Å². The molecule has 0 rings (SSSR count). The summed E-state index contributed by atoms with van der Waals surface area (Å²) < 4.78 is 5.53. The molecule has 0 aromatic carbocycles. The third-order valence-electron chi connectivity index (χ3n) is 1.42. The number of hydrogen-bond acceptors (Lipinski definition) is 1. The van der Waals surface area contributed by atoms with Gasteiger partial charge in [-0.1, -0.05) is 18.2 Å². The van der Waals surface area contributed by atoms with E-state index in [2.05, 4.69) is 0 Å². The van der Waals surface area contributed by atoms with Gasteiger partial charge in [0.2, 0.25) is 0 Å². The van der Waals surface area contributed by atoms with Crippen molar-refractivity contribution >= 4 is 0 Å². The van der Waals surface area contributed by atoms with Crippen molar-refractivity contribution in [1.82, 2.24) is 0 Å². The van der Waals surface area contributed by atoms with Gasteiger partial charge in [0.25, 0.3) is 0 Å². The molecule has 1 heteroatoms. The second-order valence-electron chi connectivity index (χ2n) is 2.60. The van der Waals surface area contributed by atoms with E-state index in [1.807, 2.05) is 64.2 Å². The first kappa shape index (κ1) is 11.8. The first-order valence-corrected chi connectivity index (χ1v) is 4.51. The summed E-state index contributed by atoms with van der Waals surface area (Å²) in [6.07, 6.45) is 11.7.